The number of benzene rings is 2. The molecule has 0 saturated heterocycles. The number of rotatable bonds is 6. The van der Waals surface area contributed by atoms with E-state index in [9.17, 15) is 9.59 Å². The van der Waals surface area contributed by atoms with Gasteiger partial charge in [-0.2, -0.15) is 0 Å². The van der Waals surface area contributed by atoms with Crippen molar-refractivity contribution in [1.29, 1.82) is 0 Å². The SMILES string of the molecule is C[C@@H](OC(=O)Cc1coc2cc3c(cc12)CCC3)C(=O)NCc1ccc2c(c1)OCO2. The number of carbonyl (C=O) groups excluding carboxylic acids is 2. The van der Waals surface area contributed by atoms with Crippen LogP contribution in [-0.4, -0.2) is 24.8 Å². The highest BCUT2D eigenvalue weighted by Gasteiger charge is 2.21. The zero-order valence-electron chi connectivity index (χ0n) is 17.2. The van der Waals surface area contributed by atoms with Gasteiger partial charge < -0.3 is 23.9 Å². The van der Waals surface area contributed by atoms with Crippen LogP contribution >= 0.6 is 0 Å². The van der Waals surface area contributed by atoms with Crippen LogP contribution in [0, 0.1) is 0 Å². The van der Waals surface area contributed by atoms with Crippen LogP contribution in [0.1, 0.15) is 35.6 Å². The lowest BCUT2D eigenvalue weighted by molar-refractivity contribution is -0.154. The molecule has 31 heavy (non-hydrogen) atoms. The van der Waals surface area contributed by atoms with Crippen LogP contribution in [0.5, 0.6) is 11.5 Å². The van der Waals surface area contributed by atoms with Gasteiger partial charge in [0.25, 0.3) is 5.91 Å². The van der Waals surface area contributed by atoms with Gasteiger partial charge in [-0.15, -0.1) is 0 Å². The summed E-state index contributed by atoms with van der Waals surface area (Å²) in [7, 11) is 0. The fourth-order valence-electron chi connectivity index (χ4n) is 4.12. The number of esters is 1. The van der Waals surface area contributed by atoms with Crippen molar-refractivity contribution in [2.24, 2.45) is 0 Å². The highest BCUT2D eigenvalue weighted by atomic mass is 16.7. The molecule has 1 aliphatic heterocycles. The molecule has 1 aliphatic carbocycles. The van der Waals surface area contributed by atoms with E-state index in [-0.39, 0.29) is 19.1 Å². The lowest BCUT2D eigenvalue weighted by Crippen LogP contribution is -2.35. The molecule has 5 rings (SSSR count). The highest BCUT2D eigenvalue weighted by molar-refractivity contribution is 5.88. The summed E-state index contributed by atoms with van der Waals surface area (Å²) in [5.41, 5.74) is 5.08. The second kappa shape index (κ2) is 7.98. The van der Waals surface area contributed by atoms with Crippen molar-refractivity contribution in [3.63, 3.8) is 0 Å². The first-order valence-corrected chi connectivity index (χ1v) is 10.4. The maximum absolute atomic E-state index is 12.4. The summed E-state index contributed by atoms with van der Waals surface area (Å²) < 4.78 is 21.6. The summed E-state index contributed by atoms with van der Waals surface area (Å²) in [6, 6.07) is 9.66. The molecule has 1 atom stereocenters. The zero-order valence-corrected chi connectivity index (χ0v) is 17.2. The van der Waals surface area contributed by atoms with Crippen LogP contribution in [-0.2, 0) is 40.1 Å². The molecule has 160 valence electrons. The third kappa shape index (κ3) is 3.95. The number of hydrogen-bond donors (Lipinski definition) is 1. The average molecular weight is 421 g/mol. The predicted molar refractivity (Wildman–Crippen MR) is 112 cm³/mol. The number of fused-ring (bicyclic) bond motifs is 3. The Hall–Kier alpha value is -3.48. The van der Waals surface area contributed by atoms with Crippen molar-refractivity contribution in [1.82, 2.24) is 5.32 Å². The number of nitrogens with one attached hydrogen (secondary N) is 1. The Labute approximate surface area is 179 Å². The van der Waals surface area contributed by atoms with Crippen LogP contribution in [0.3, 0.4) is 0 Å². The van der Waals surface area contributed by atoms with Crippen molar-refractivity contribution in [2.75, 3.05) is 6.79 Å². The lowest BCUT2D eigenvalue weighted by Gasteiger charge is -2.13. The maximum atomic E-state index is 12.4. The molecule has 0 fully saturated rings. The molecule has 0 radical (unpaired) electrons. The molecule has 0 bridgehead atoms. The number of aryl methyl sites for hydroxylation is 2. The molecule has 1 amide bonds. The van der Waals surface area contributed by atoms with Crippen molar-refractivity contribution in [3.05, 3.63) is 58.8 Å². The van der Waals surface area contributed by atoms with Gasteiger partial charge in [-0.3, -0.25) is 9.59 Å². The number of hydrogen-bond acceptors (Lipinski definition) is 6. The molecule has 1 aromatic heterocycles. The van der Waals surface area contributed by atoms with Crippen LogP contribution in [0.15, 0.2) is 41.0 Å². The lowest BCUT2D eigenvalue weighted by atomic mass is 10.0. The first-order chi connectivity index (χ1) is 15.1. The third-order valence-electron chi connectivity index (χ3n) is 5.78. The fraction of sp³-hybridized carbons (Fsp3) is 0.333. The first kappa shape index (κ1) is 19.5. The molecule has 0 saturated carbocycles. The van der Waals surface area contributed by atoms with E-state index in [1.807, 2.05) is 12.1 Å². The number of carbonyl (C=O) groups is 2. The standard InChI is InChI=1S/C24H23NO6/c1-14(24(27)25-11-15-5-6-20-22(7-15)30-13-29-20)31-23(26)10-18-12-28-21-9-17-4-2-3-16(17)8-19(18)21/h5-9,12,14H,2-4,10-11,13H2,1H3,(H,25,27)/t14-/m1/s1. The molecule has 0 unspecified atom stereocenters. The van der Waals surface area contributed by atoms with E-state index in [1.54, 1.807) is 19.3 Å². The van der Waals surface area contributed by atoms with E-state index < -0.39 is 12.1 Å². The molecule has 2 aromatic carbocycles. The fourth-order valence-corrected chi connectivity index (χ4v) is 4.12. The number of furan rings is 1. The monoisotopic (exact) mass is 421 g/mol. The Balaban J connectivity index is 1.16. The highest BCUT2D eigenvalue weighted by Crippen LogP contribution is 2.32. The second-order valence-corrected chi connectivity index (χ2v) is 7.95. The topological polar surface area (TPSA) is 87.0 Å². The summed E-state index contributed by atoms with van der Waals surface area (Å²) in [4.78, 5) is 24.8. The number of ether oxygens (including phenoxy) is 3. The summed E-state index contributed by atoms with van der Waals surface area (Å²) in [5.74, 6) is 0.521. The van der Waals surface area contributed by atoms with Crippen LogP contribution < -0.4 is 14.8 Å². The molecule has 7 heteroatoms. The van der Waals surface area contributed by atoms with Gasteiger partial charge in [-0.1, -0.05) is 6.07 Å². The molecule has 3 aromatic rings. The van der Waals surface area contributed by atoms with Gasteiger partial charge in [0.2, 0.25) is 6.79 Å². The smallest absolute Gasteiger partial charge is 0.311 e. The average Bonchev–Trinajstić information content (AvgIpc) is 3.49. The van der Waals surface area contributed by atoms with Crippen molar-refractivity contribution < 1.29 is 28.2 Å². The molecule has 1 N–H and O–H groups in total. The zero-order chi connectivity index (χ0) is 21.4. The molecular weight excluding hydrogens is 398 g/mol. The van der Waals surface area contributed by atoms with E-state index in [0.29, 0.717) is 18.0 Å². The van der Waals surface area contributed by atoms with E-state index in [0.717, 1.165) is 41.4 Å². The Morgan fingerprint density at radius 2 is 1.90 bits per heavy atom. The van der Waals surface area contributed by atoms with Gasteiger partial charge in [0, 0.05) is 17.5 Å². The number of amides is 1. The minimum Gasteiger partial charge on any atom is -0.464 e. The Kier molecular flexibility index (Phi) is 5.02. The van der Waals surface area contributed by atoms with Gasteiger partial charge in [-0.05, 0) is 67.1 Å². The van der Waals surface area contributed by atoms with Gasteiger partial charge in [-0.25, -0.2) is 0 Å². The quantitative estimate of drug-likeness (QED) is 0.614. The van der Waals surface area contributed by atoms with E-state index in [4.69, 9.17) is 18.6 Å². The molecule has 0 spiro atoms. The minimum atomic E-state index is -0.899. The Morgan fingerprint density at radius 3 is 2.77 bits per heavy atom. The Bertz CT molecular complexity index is 1160. The van der Waals surface area contributed by atoms with Gasteiger partial charge in [0.05, 0.1) is 12.7 Å². The molecule has 7 nitrogen and oxygen atoms in total. The van der Waals surface area contributed by atoms with E-state index >= 15 is 0 Å². The van der Waals surface area contributed by atoms with Gasteiger partial charge in [0.1, 0.15) is 5.58 Å². The third-order valence-corrected chi connectivity index (χ3v) is 5.78. The van der Waals surface area contributed by atoms with Crippen LogP contribution in [0.2, 0.25) is 0 Å². The summed E-state index contributed by atoms with van der Waals surface area (Å²) >= 11 is 0. The van der Waals surface area contributed by atoms with Crippen molar-refractivity contribution in [2.45, 2.75) is 45.3 Å². The maximum Gasteiger partial charge on any atom is 0.311 e. The molecule has 2 heterocycles. The van der Waals surface area contributed by atoms with Gasteiger partial charge in [0.15, 0.2) is 17.6 Å². The summed E-state index contributed by atoms with van der Waals surface area (Å²) in [6.07, 6.45) is 4.04. The molecule has 2 aliphatic rings. The molecular formula is C24H23NO6. The van der Waals surface area contributed by atoms with Crippen molar-refractivity contribution >= 4 is 22.8 Å². The van der Waals surface area contributed by atoms with Gasteiger partial charge >= 0.3 is 5.97 Å². The van der Waals surface area contributed by atoms with E-state index in [2.05, 4.69) is 17.4 Å². The summed E-state index contributed by atoms with van der Waals surface area (Å²) in [5, 5.41) is 3.72. The van der Waals surface area contributed by atoms with Crippen LogP contribution in [0.4, 0.5) is 0 Å². The summed E-state index contributed by atoms with van der Waals surface area (Å²) in [6.45, 7) is 2.06. The van der Waals surface area contributed by atoms with Crippen LogP contribution in [0.25, 0.3) is 11.0 Å². The van der Waals surface area contributed by atoms with E-state index in [1.165, 1.54) is 11.1 Å². The largest absolute Gasteiger partial charge is 0.464 e. The predicted octanol–water partition coefficient (Wildman–Crippen LogP) is 3.44. The minimum absolute atomic E-state index is 0.0611. The first-order valence-electron chi connectivity index (χ1n) is 10.4. The second-order valence-electron chi connectivity index (χ2n) is 7.95. The van der Waals surface area contributed by atoms with Crippen molar-refractivity contribution in [3.8, 4) is 11.5 Å². The normalized spacial score (nSPS) is 15.0. The Morgan fingerprint density at radius 1 is 1.10 bits per heavy atom.